The van der Waals surface area contributed by atoms with Crippen molar-refractivity contribution < 1.29 is 0 Å². The zero-order valence-electron chi connectivity index (χ0n) is 10.3. The fourth-order valence-electron chi connectivity index (χ4n) is 1.93. The molecule has 3 heteroatoms. The molecule has 0 aromatic heterocycles. The fourth-order valence-corrected chi connectivity index (χ4v) is 1.93. The maximum Gasteiger partial charge on any atom is 0.0307 e. The monoisotopic (exact) mass is 262 g/mol. The minimum atomic E-state index is 0. The summed E-state index contributed by atoms with van der Waals surface area (Å²) >= 11 is 0. The first-order valence-corrected chi connectivity index (χ1v) is 5.92. The first-order valence-electron chi connectivity index (χ1n) is 5.92. The zero-order chi connectivity index (χ0) is 12.1. The van der Waals surface area contributed by atoms with Crippen molar-refractivity contribution in [1.82, 2.24) is 0 Å². The SMILES string of the molecule is Cl.NCC[C@H](N)c1cccc(-c2ccccc2)c1. The van der Waals surface area contributed by atoms with Crippen LogP contribution < -0.4 is 11.5 Å². The Morgan fingerprint density at radius 2 is 1.56 bits per heavy atom. The molecule has 2 aromatic carbocycles. The molecule has 18 heavy (non-hydrogen) atoms. The Morgan fingerprint density at radius 1 is 0.889 bits per heavy atom. The number of hydrogen-bond donors (Lipinski definition) is 2. The van der Waals surface area contributed by atoms with Gasteiger partial charge in [0.2, 0.25) is 0 Å². The first kappa shape index (κ1) is 14.7. The summed E-state index contributed by atoms with van der Waals surface area (Å²) < 4.78 is 0. The molecule has 1 atom stereocenters. The van der Waals surface area contributed by atoms with E-state index in [1.807, 2.05) is 24.3 Å². The number of nitrogens with two attached hydrogens (primary N) is 2. The Morgan fingerprint density at radius 3 is 2.22 bits per heavy atom. The van der Waals surface area contributed by atoms with E-state index in [-0.39, 0.29) is 18.4 Å². The summed E-state index contributed by atoms with van der Waals surface area (Å²) in [6.07, 6.45) is 0.818. The van der Waals surface area contributed by atoms with Gasteiger partial charge in [0, 0.05) is 6.04 Å². The van der Waals surface area contributed by atoms with Gasteiger partial charge in [-0.3, -0.25) is 0 Å². The molecule has 2 rings (SSSR count). The molecule has 0 saturated heterocycles. The predicted octanol–water partition coefficient (Wildman–Crippen LogP) is 3.12. The first-order chi connectivity index (χ1) is 8.31. The van der Waals surface area contributed by atoms with Crippen molar-refractivity contribution in [2.75, 3.05) is 6.54 Å². The van der Waals surface area contributed by atoms with Crippen molar-refractivity contribution in [3.05, 3.63) is 60.2 Å². The molecule has 2 nitrogen and oxygen atoms in total. The molecular weight excluding hydrogens is 244 g/mol. The van der Waals surface area contributed by atoms with Crippen LogP contribution in [0.2, 0.25) is 0 Å². The van der Waals surface area contributed by atoms with Gasteiger partial charge in [0.1, 0.15) is 0 Å². The Bertz CT molecular complexity index is 471. The molecule has 0 aliphatic heterocycles. The summed E-state index contributed by atoms with van der Waals surface area (Å²) in [4.78, 5) is 0. The molecule has 0 aliphatic rings. The van der Waals surface area contributed by atoms with E-state index in [9.17, 15) is 0 Å². The van der Waals surface area contributed by atoms with E-state index in [0.717, 1.165) is 12.0 Å². The average Bonchev–Trinajstić information content (AvgIpc) is 2.40. The Labute approximate surface area is 114 Å². The molecule has 96 valence electrons. The van der Waals surface area contributed by atoms with Crippen molar-refractivity contribution in [1.29, 1.82) is 0 Å². The van der Waals surface area contributed by atoms with Crippen LogP contribution in [0.5, 0.6) is 0 Å². The lowest BCUT2D eigenvalue weighted by Crippen LogP contribution is -2.15. The van der Waals surface area contributed by atoms with Crippen LogP contribution in [0.15, 0.2) is 54.6 Å². The van der Waals surface area contributed by atoms with Gasteiger partial charge < -0.3 is 11.5 Å². The summed E-state index contributed by atoms with van der Waals surface area (Å²) in [6, 6.07) is 18.7. The molecule has 0 amide bonds. The van der Waals surface area contributed by atoms with E-state index in [1.54, 1.807) is 0 Å². The van der Waals surface area contributed by atoms with E-state index in [4.69, 9.17) is 11.5 Å². The largest absolute Gasteiger partial charge is 0.330 e. The summed E-state index contributed by atoms with van der Waals surface area (Å²) in [6.45, 7) is 0.622. The highest BCUT2D eigenvalue weighted by atomic mass is 35.5. The van der Waals surface area contributed by atoms with Crippen molar-refractivity contribution in [3.63, 3.8) is 0 Å². The van der Waals surface area contributed by atoms with E-state index < -0.39 is 0 Å². The van der Waals surface area contributed by atoms with Crippen molar-refractivity contribution in [2.24, 2.45) is 11.5 Å². The lowest BCUT2D eigenvalue weighted by atomic mass is 9.98. The fraction of sp³-hybridized carbons (Fsp3) is 0.200. The number of halogens is 1. The second-order valence-corrected chi connectivity index (χ2v) is 4.18. The number of benzene rings is 2. The highest BCUT2D eigenvalue weighted by Gasteiger charge is 2.05. The van der Waals surface area contributed by atoms with Gasteiger partial charge in [0.05, 0.1) is 0 Å². The van der Waals surface area contributed by atoms with Crippen molar-refractivity contribution in [2.45, 2.75) is 12.5 Å². The molecular formula is C15H19ClN2. The molecule has 0 radical (unpaired) electrons. The smallest absolute Gasteiger partial charge is 0.0307 e. The van der Waals surface area contributed by atoms with Gasteiger partial charge in [0.15, 0.2) is 0 Å². The lowest BCUT2D eigenvalue weighted by molar-refractivity contribution is 0.661. The molecule has 0 aliphatic carbocycles. The van der Waals surface area contributed by atoms with E-state index in [2.05, 4.69) is 30.3 Å². The summed E-state index contributed by atoms with van der Waals surface area (Å²) in [5, 5.41) is 0. The molecule has 0 unspecified atom stereocenters. The molecule has 2 aromatic rings. The van der Waals surface area contributed by atoms with Crippen LogP contribution in [0.1, 0.15) is 18.0 Å². The van der Waals surface area contributed by atoms with Gasteiger partial charge in [-0.1, -0.05) is 48.5 Å². The average molecular weight is 263 g/mol. The van der Waals surface area contributed by atoms with Crippen molar-refractivity contribution in [3.8, 4) is 11.1 Å². The third-order valence-corrected chi connectivity index (χ3v) is 2.90. The van der Waals surface area contributed by atoms with Crippen LogP contribution in [-0.2, 0) is 0 Å². The molecule has 0 fully saturated rings. The lowest BCUT2D eigenvalue weighted by Gasteiger charge is -2.12. The standard InChI is InChI=1S/C15H18N2.ClH/c16-10-9-15(17)14-8-4-7-13(11-14)12-5-2-1-3-6-12;/h1-8,11,15H,9-10,16-17H2;1H/t15-;/m0./s1. The predicted molar refractivity (Wildman–Crippen MR) is 79.7 cm³/mol. The third-order valence-electron chi connectivity index (χ3n) is 2.90. The molecule has 0 heterocycles. The number of hydrogen-bond acceptors (Lipinski definition) is 2. The van der Waals surface area contributed by atoms with E-state index in [0.29, 0.717) is 6.54 Å². The quantitative estimate of drug-likeness (QED) is 0.890. The van der Waals surface area contributed by atoms with Crippen LogP contribution in [0.4, 0.5) is 0 Å². The molecule has 0 bridgehead atoms. The second kappa shape index (κ2) is 7.17. The summed E-state index contributed by atoms with van der Waals surface area (Å²) in [5.41, 5.74) is 15.2. The van der Waals surface area contributed by atoms with Crippen LogP contribution in [0, 0.1) is 0 Å². The summed E-state index contributed by atoms with van der Waals surface area (Å²) in [7, 11) is 0. The minimum absolute atomic E-state index is 0. The van der Waals surface area contributed by atoms with Gasteiger partial charge in [-0.15, -0.1) is 12.4 Å². The Kier molecular flexibility index (Phi) is 5.86. The zero-order valence-corrected chi connectivity index (χ0v) is 11.1. The molecule has 0 saturated carbocycles. The molecule has 0 spiro atoms. The van der Waals surface area contributed by atoms with E-state index in [1.165, 1.54) is 11.1 Å². The van der Waals surface area contributed by atoms with Gasteiger partial charge in [-0.25, -0.2) is 0 Å². The van der Waals surface area contributed by atoms with Crippen LogP contribution in [0.25, 0.3) is 11.1 Å². The van der Waals surface area contributed by atoms with Gasteiger partial charge in [-0.05, 0) is 35.7 Å². The maximum atomic E-state index is 6.07. The van der Waals surface area contributed by atoms with Gasteiger partial charge in [0.25, 0.3) is 0 Å². The van der Waals surface area contributed by atoms with Crippen LogP contribution in [-0.4, -0.2) is 6.54 Å². The Balaban J connectivity index is 0.00000162. The molecule has 4 N–H and O–H groups in total. The Hall–Kier alpha value is -1.35. The highest BCUT2D eigenvalue weighted by molar-refractivity contribution is 5.85. The number of rotatable bonds is 4. The maximum absolute atomic E-state index is 6.07. The van der Waals surface area contributed by atoms with E-state index >= 15 is 0 Å². The van der Waals surface area contributed by atoms with Crippen molar-refractivity contribution >= 4 is 12.4 Å². The third kappa shape index (κ3) is 3.57. The van der Waals surface area contributed by atoms with Crippen LogP contribution >= 0.6 is 12.4 Å². The van der Waals surface area contributed by atoms with Gasteiger partial charge in [-0.2, -0.15) is 0 Å². The van der Waals surface area contributed by atoms with Crippen LogP contribution in [0.3, 0.4) is 0 Å². The van der Waals surface area contributed by atoms with Gasteiger partial charge >= 0.3 is 0 Å². The normalized spacial score (nSPS) is 11.7. The second-order valence-electron chi connectivity index (χ2n) is 4.18. The minimum Gasteiger partial charge on any atom is -0.330 e. The highest BCUT2D eigenvalue weighted by Crippen LogP contribution is 2.23. The topological polar surface area (TPSA) is 52.0 Å². The summed E-state index contributed by atoms with van der Waals surface area (Å²) in [5.74, 6) is 0.